The molecule has 0 aliphatic rings. The second kappa shape index (κ2) is 6.71. The molecule has 0 aromatic heterocycles. The third-order valence-electron chi connectivity index (χ3n) is 2.65. The fourth-order valence-corrected chi connectivity index (χ4v) is 2.13. The van der Waals surface area contributed by atoms with Crippen molar-refractivity contribution in [2.75, 3.05) is 12.8 Å². The van der Waals surface area contributed by atoms with Crippen LogP contribution in [-0.2, 0) is 17.0 Å². The molecule has 0 saturated heterocycles. The normalized spacial score (nSPS) is 14.7. The van der Waals surface area contributed by atoms with Gasteiger partial charge in [-0.3, -0.25) is 9.00 Å². The monoisotopic (exact) mass is 371 g/mol. The highest BCUT2D eigenvalue weighted by molar-refractivity contribution is 9.10. The lowest BCUT2D eigenvalue weighted by molar-refractivity contribution is -0.138. The zero-order chi connectivity index (χ0) is 15.5. The molecule has 20 heavy (non-hydrogen) atoms. The molecule has 0 heterocycles. The molecule has 1 rings (SSSR count). The maximum Gasteiger partial charge on any atom is 0.417 e. The van der Waals surface area contributed by atoms with Crippen molar-refractivity contribution in [1.29, 1.82) is 0 Å². The van der Waals surface area contributed by atoms with E-state index in [-0.39, 0.29) is 21.8 Å². The Morgan fingerprint density at radius 2 is 2.05 bits per heavy atom. The topological polar surface area (TPSA) is 46.2 Å². The highest BCUT2D eigenvalue weighted by Gasteiger charge is 2.33. The van der Waals surface area contributed by atoms with E-state index in [9.17, 15) is 22.2 Å². The number of halogens is 4. The van der Waals surface area contributed by atoms with E-state index in [2.05, 4.69) is 21.2 Å². The molecule has 0 radical (unpaired) electrons. The average Bonchev–Trinajstić information content (AvgIpc) is 2.34. The quantitative estimate of drug-likeness (QED) is 0.884. The molecule has 2 unspecified atom stereocenters. The van der Waals surface area contributed by atoms with Gasteiger partial charge in [0.05, 0.1) is 5.56 Å². The van der Waals surface area contributed by atoms with Gasteiger partial charge in [-0.2, -0.15) is 13.2 Å². The summed E-state index contributed by atoms with van der Waals surface area (Å²) in [5, 5.41) is 2.20. The van der Waals surface area contributed by atoms with E-state index in [0.717, 1.165) is 6.07 Å². The standard InChI is InChI=1S/C12H13BrF3NO2S/c1-7(20(2)19)6-17-11(18)8-3-4-10(13)9(5-8)12(14,15)16/h3-5,7H,6H2,1-2H3,(H,17,18). The Morgan fingerprint density at radius 1 is 1.45 bits per heavy atom. The summed E-state index contributed by atoms with van der Waals surface area (Å²) in [4.78, 5) is 11.8. The van der Waals surface area contributed by atoms with Gasteiger partial charge in [-0.25, -0.2) is 0 Å². The van der Waals surface area contributed by atoms with Gasteiger partial charge in [0.25, 0.3) is 5.91 Å². The zero-order valence-corrected chi connectivity index (χ0v) is 13.2. The van der Waals surface area contributed by atoms with Gasteiger partial charge in [0.15, 0.2) is 0 Å². The van der Waals surface area contributed by atoms with Crippen LogP contribution in [0.1, 0.15) is 22.8 Å². The van der Waals surface area contributed by atoms with Crippen molar-refractivity contribution in [2.24, 2.45) is 0 Å². The molecule has 1 aromatic carbocycles. The summed E-state index contributed by atoms with van der Waals surface area (Å²) in [7, 11) is -1.11. The van der Waals surface area contributed by atoms with Crippen molar-refractivity contribution in [3.63, 3.8) is 0 Å². The first-order valence-corrected chi connectivity index (χ1v) is 8.01. The highest BCUT2D eigenvalue weighted by atomic mass is 79.9. The maximum atomic E-state index is 12.7. The highest BCUT2D eigenvalue weighted by Crippen LogP contribution is 2.35. The molecule has 0 bridgehead atoms. The number of nitrogens with one attached hydrogen (secondary N) is 1. The van der Waals surface area contributed by atoms with Crippen LogP contribution in [0.25, 0.3) is 0 Å². The summed E-state index contributed by atoms with van der Waals surface area (Å²) < 4.78 is 49.1. The first-order chi connectivity index (χ1) is 9.12. The van der Waals surface area contributed by atoms with Crippen LogP contribution in [0.15, 0.2) is 22.7 Å². The van der Waals surface area contributed by atoms with E-state index in [1.807, 2.05) is 0 Å². The fraction of sp³-hybridized carbons (Fsp3) is 0.417. The Labute approximate surface area is 125 Å². The molecule has 0 fully saturated rings. The lowest BCUT2D eigenvalue weighted by Gasteiger charge is -2.13. The number of carbonyl (C=O) groups excluding carboxylic acids is 1. The summed E-state index contributed by atoms with van der Waals surface area (Å²) in [5.74, 6) is -0.625. The van der Waals surface area contributed by atoms with Crippen molar-refractivity contribution in [3.05, 3.63) is 33.8 Å². The molecular weight excluding hydrogens is 359 g/mol. The number of rotatable bonds is 4. The molecule has 0 aliphatic heterocycles. The minimum atomic E-state index is -4.53. The van der Waals surface area contributed by atoms with Crippen LogP contribution in [0.5, 0.6) is 0 Å². The number of hydrogen-bond acceptors (Lipinski definition) is 2. The Hall–Kier alpha value is -0.890. The summed E-state index contributed by atoms with van der Waals surface area (Å²) in [5.41, 5.74) is -0.994. The predicted octanol–water partition coefficient (Wildman–Crippen LogP) is 2.96. The number of benzene rings is 1. The van der Waals surface area contributed by atoms with E-state index >= 15 is 0 Å². The Kier molecular flexibility index (Phi) is 5.76. The van der Waals surface area contributed by atoms with Crippen molar-refractivity contribution >= 4 is 32.6 Å². The van der Waals surface area contributed by atoms with Crippen LogP contribution in [0.3, 0.4) is 0 Å². The molecule has 8 heteroatoms. The average molecular weight is 372 g/mol. The Bertz CT molecular complexity index is 534. The lowest BCUT2D eigenvalue weighted by atomic mass is 10.1. The van der Waals surface area contributed by atoms with Gasteiger partial charge in [-0.1, -0.05) is 15.9 Å². The van der Waals surface area contributed by atoms with E-state index in [1.165, 1.54) is 18.4 Å². The molecule has 112 valence electrons. The van der Waals surface area contributed by atoms with Crippen LogP contribution in [0, 0.1) is 0 Å². The molecule has 3 nitrogen and oxygen atoms in total. The van der Waals surface area contributed by atoms with Crippen molar-refractivity contribution in [3.8, 4) is 0 Å². The number of alkyl halides is 3. The van der Waals surface area contributed by atoms with Gasteiger partial charge >= 0.3 is 6.18 Å². The summed E-state index contributed by atoms with van der Waals surface area (Å²) >= 11 is 2.80. The fourth-order valence-electron chi connectivity index (χ4n) is 1.34. The van der Waals surface area contributed by atoms with Crippen LogP contribution in [0.2, 0.25) is 0 Å². The van der Waals surface area contributed by atoms with Gasteiger partial charge in [0, 0.05) is 38.9 Å². The van der Waals surface area contributed by atoms with Crippen LogP contribution < -0.4 is 5.32 Å². The van der Waals surface area contributed by atoms with Crippen molar-refractivity contribution in [1.82, 2.24) is 5.32 Å². The van der Waals surface area contributed by atoms with E-state index in [1.54, 1.807) is 6.92 Å². The Balaban J connectivity index is 2.87. The second-order valence-corrected chi connectivity index (χ2v) is 6.87. The largest absolute Gasteiger partial charge is 0.417 e. The first-order valence-electron chi connectivity index (χ1n) is 5.60. The van der Waals surface area contributed by atoms with E-state index < -0.39 is 28.4 Å². The van der Waals surface area contributed by atoms with Crippen LogP contribution in [0.4, 0.5) is 13.2 Å². The number of hydrogen-bond donors (Lipinski definition) is 1. The van der Waals surface area contributed by atoms with Gasteiger partial charge in [-0.05, 0) is 25.1 Å². The first kappa shape index (κ1) is 17.2. The molecule has 1 aromatic rings. The molecule has 0 aliphatic carbocycles. The van der Waals surface area contributed by atoms with Gasteiger partial charge in [0.2, 0.25) is 0 Å². The van der Waals surface area contributed by atoms with Crippen LogP contribution in [-0.4, -0.2) is 28.2 Å². The number of carbonyl (C=O) groups is 1. The van der Waals surface area contributed by atoms with Gasteiger partial charge < -0.3 is 5.32 Å². The third kappa shape index (κ3) is 4.59. The molecule has 1 amide bonds. The van der Waals surface area contributed by atoms with Gasteiger partial charge in [-0.15, -0.1) is 0 Å². The van der Waals surface area contributed by atoms with Gasteiger partial charge in [0.1, 0.15) is 0 Å². The van der Waals surface area contributed by atoms with E-state index in [4.69, 9.17) is 0 Å². The van der Waals surface area contributed by atoms with Crippen molar-refractivity contribution in [2.45, 2.75) is 18.3 Å². The SMILES string of the molecule is CC(CNC(=O)c1ccc(Br)c(C(F)(F)F)c1)S(C)=O. The minimum absolute atomic E-state index is 0.0883. The van der Waals surface area contributed by atoms with Crippen LogP contribution >= 0.6 is 15.9 Å². The third-order valence-corrected chi connectivity index (χ3v) is 4.64. The summed E-state index contributed by atoms with van der Waals surface area (Å²) in [6, 6.07) is 3.26. The minimum Gasteiger partial charge on any atom is -0.351 e. The zero-order valence-electron chi connectivity index (χ0n) is 10.8. The predicted molar refractivity (Wildman–Crippen MR) is 75.0 cm³/mol. The Morgan fingerprint density at radius 3 is 2.55 bits per heavy atom. The lowest BCUT2D eigenvalue weighted by Crippen LogP contribution is -2.32. The van der Waals surface area contributed by atoms with E-state index in [0.29, 0.717) is 0 Å². The molecule has 0 spiro atoms. The smallest absolute Gasteiger partial charge is 0.351 e. The summed E-state index contributed by atoms with van der Waals surface area (Å²) in [6.45, 7) is 1.82. The summed E-state index contributed by atoms with van der Waals surface area (Å²) in [6.07, 6.45) is -3.04. The molecule has 2 atom stereocenters. The number of amides is 1. The molecule has 0 saturated carbocycles. The maximum absolute atomic E-state index is 12.7. The molecule has 1 N–H and O–H groups in total. The molecular formula is C12H13BrF3NO2S. The second-order valence-electron chi connectivity index (χ2n) is 4.21. The van der Waals surface area contributed by atoms with Crippen molar-refractivity contribution < 1.29 is 22.2 Å².